The smallest absolute Gasteiger partial charge is 0.129 e. The lowest BCUT2D eigenvalue weighted by Gasteiger charge is -2.30. The Labute approximate surface area is 101 Å². The number of aliphatic hydroxyl groups is 1. The van der Waals surface area contributed by atoms with Crippen LogP contribution in [0.3, 0.4) is 0 Å². The summed E-state index contributed by atoms with van der Waals surface area (Å²) in [6.45, 7) is 3.26. The monoisotopic (exact) mass is 240 g/mol. The molecule has 88 valence electrons. The van der Waals surface area contributed by atoms with E-state index in [0.29, 0.717) is 17.7 Å². The second-order valence-corrected chi connectivity index (χ2v) is 4.74. The molecule has 0 aromatic carbocycles. The van der Waals surface area contributed by atoms with Gasteiger partial charge in [-0.3, -0.25) is 4.90 Å². The Balaban J connectivity index is 1.87. The van der Waals surface area contributed by atoms with E-state index in [1.165, 1.54) is 0 Å². The number of hydrogen-bond donors (Lipinski definition) is 1. The van der Waals surface area contributed by atoms with Gasteiger partial charge in [0.1, 0.15) is 5.15 Å². The molecule has 1 aliphatic heterocycles. The first-order chi connectivity index (χ1) is 7.78. The molecule has 3 nitrogen and oxygen atoms in total. The highest BCUT2D eigenvalue weighted by Crippen LogP contribution is 2.18. The average molecular weight is 241 g/mol. The minimum atomic E-state index is 0.323. The third kappa shape index (κ3) is 3.17. The van der Waals surface area contributed by atoms with Crippen LogP contribution in [-0.4, -0.2) is 34.7 Å². The Bertz CT molecular complexity index is 338. The number of rotatable bonds is 3. The van der Waals surface area contributed by atoms with Crippen LogP contribution in [0.15, 0.2) is 18.2 Å². The van der Waals surface area contributed by atoms with E-state index in [4.69, 9.17) is 16.7 Å². The molecule has 4 heteroatoms. The zero-order valence-electron chi connectivity index (χ0n) is 9.27. The summed E-state index contributed by atoms with van der Waals surface area (Å²) >= 11 is 5.85. The predicted octanol–water partition coefficient (Wildman–Crippen LogP) is 1.94. The standard InChI is InChI=1S/C12H17ClN2O/c13-12-3-1-2-11(14-12)8-15-6-4-10(9-16)5-7-15/h1-3,10,16H,4-9H2. The molecule has 16 heavy (non-hydrogen) atoms. The van der Waals surface area contributed by atoms with Gasteiger partial charge in [0.05, 0.1) is 5.69 Å². The molecule has 0 bridgehead atoms. The van der Waals surface area contributed by atoms with Gasteiger partial charge in [0.15, 0.2) is 0 Å². The van der Waals surface area contributed by atoms with Crippen molar-refractivity contribution in [3.63, 3.8) is 0 Å². The van der Waals surface area contributed by atoms with Gasteiger partial charge < -0.3 is 5.11 Å². The molecule has 2 heterocycles. The summed E-state index contributed by atoms with van der Waals surface area (Å²) in [5.74, 6) is 0.489. The van der Waals surface area contributed by atoms with Crippen molar-refractivity contribution in [3.8, 4) is 0 Å². The van der Waals surface area contributed by atoms with Gasteiger partial charge in [0, 0.05) is 13.2 Å². The summed E-state index contributed by atoms with van der Waals surface area (Å²) in [6.07, 6.45) is 2.16. The van der Waals surface area contributed by atoms with Gasteiger partial charge in [-0.1, -0.05) is 17.7 Å². The van der Waals surface area contributed by atoms with Gasteiger partial charge in [-0.05, 0) is 44.0 Å². The lowest BCUT2D eigenvalue weighted by atomic mass is 9.98. The zero-order chi connectivity index (χ0) is 11.4. The second kappa shape index (κ2) is 5.62. The van der Waals surface area contributed by atoms with Crippen LogP contribution in [0.5, 0.6) is 0 Å². The summed E-state index contributed by atoms with van der Waals surface area (Å²) in [5, 5.41) is 9.61. The molecule has 0 spiro atoms. The number of nitrogens with zero attached hydrogens (tertiary/aromatic N) is 2. The van der Waals surface area contributed by atoms with Crippen molar-refractivity contribution in [2.24, 2.45) is 5.92 Å². The van der Waals surface area contributed by atoms with Gasteiger partial charge in [-0.15, -0.1) is 0 Å². The molecule has 0 aliphatic carbocycles. The lowest BCUT2D eigenvalue weighted by molar-refractivity contribution is 0.126. The fourth-order valence-electron chi connectivity index (χ4n) is 2.09. The van der Waals surface area contributed by atoms with E-state index in [-0.39, 0.29) is 0 Å². The fraction of sp³-hybridized carbons (Fsp3) is 0.583. The van der Waals surface area contributed by atoms with E-state index >= 15 is 0 Å². The van der Waals surface area contributed by atoms with Crippen LogP contribution in [0.2, 0.25) is 5.15 Å². The summed E-state index contributed by atoms with van der Waals surface area (Å²) < 4.78 is 0. The largest absolute Gasteiger partial charge is 0.396 e. The van der Waals surface area contributed by atoms with Crippen LogP contribution in [0, 0.1) is 5.92 Å². The van der Waals surface area contributed by atoms with Crippen LogP contribution in [0.1, 0.15) is 18.5 Å². The molecule has 0 amide bonds. The average Bonchev–Trinajstić information content (AvgIpc) is 2.30. The molecule has 1 N–H and O–H groups in total. The Morgan fingerprint density at radius 1 is 1.38 bits per heavy atom. The lowest BCUT2D eigenvalue weighted by Crippen LogP contribution is -2.34. The molecular weight excluding hydrogens is 224 g/mol. The molecule has 1 aromatic heterocycles. The summed E-state index contributed by atoms with van der Waals surface area (Å²) in [4.78, 5) is 6.65. The van der Waals surface area contributed by atoms with Gasteiger partial charge in [-0.25, -0.2) is 4.98 Å². The second-order valence-electron chi connectivity index (χ2n) is 4.35. The molecule has 0 saturated carbocycles. The summed E-state index contributed by atoms with van der Waals surface area (Å²) in [7, 11) is 0. The van der Waals surface area contributed by atoms with Crippen LogP contribution in [-0.2, 0) is 6.54 Å². The molecule has 0 atom stereocenters. The quantitative estimate of drug-likeness (QED) is 0.821. The molecule has 0 unspecified atom stereocenters. The summed E-state index contributed by atoms with van der Waals surface area (Å²) in [6, 6.07) is 5.73. The van der Waals surface area contributed by atoms with Crippen LogP contribution < -0.4 is 0 Å². The number of piperidine rings is 1. The Morgan fingerprint density at radius 3 is 2.75 bits per heavy atom. The number of halogens is 1. The number of aromatic nitrogens is 1. The third-order valence-electron chi connectivity index (χ3n) is 3.12. The molecule has 1 aromatic rings. The molecule has 0 radical (unpaired) electrons. The number of pyridine rings is 1. The van der Waals surface area contributed by atoms with Crippen LogP contribution in [0.4, 0.5) is 0 Å². The highest BCUT2D eigenvalue weighted by Gasteiger charge is 2.18. The van der Waals surface area contributed by atoms with Crippen molar-refractivity contribution in [1.29, 1.82) is 0 Å². The Hall–Kier alpha value is -0.640. The van der Waals surface area contributed by atoms with Crippen LogP contribution >= 0.6 is 11.6 Å². The van der Waals surface area contributed by atoms with Gasteiger partial charge in [0.2, 0.25) is 0 Å². The first-order valence-electron chi connectivity index (χ1n) is 5.72. The van der Waals surface area contributed by atoms with Gasteiger partial charge >= 0.3 is 0 Å². The third-order valence-corrected chi connectivity index (χ3v) is 3.33. The Morgan fingerprint density at radius 2 is 2.12 bits per heavy atom. The first kappa shape index (κ1) is 11.8. The van der Waals surface area contributed by atoms with E-state index < -0.39 is 0 Å². The number of hydrogen-bond acceptors (Lipinski definition) is 3. The van der Waals surface area contributed by atoms with E-state index in [2.05, 4.69) is 9.88 Å². The van der Waals surface area contributed by atoms with Crippen LogP contribution in [0.25, 0.3) is 0 Å². The molecular formula is C12H17ClN2O. The minimum absolute atomic E-state index is 0.323. The normalized spacial score (nSPS) is 18.9. The van der Waals surface area contributed by atoms with E-state index in [1.807, 2.05) is 12.1 Å². The first-order valence-corrected chi connectivity index (χ1v) is 6.10. The number of likely N-dealkylation sites (tertiary alicyclic amines) is 1. The molecule has 1 aliphatic rings. The zero-order valence-corrected chi connectivity index (χ0v) is 10.0. The molecule has 2 rings (SSSR count). The van der Waals surface area contributed by atoms with Crippen molar-refractivity contribution >= 4 is 11.6 Å². The SMILES string of the molecule is OCC1CCN(Cc2cccc(Cl)n2)CC1. The van der Waals surface area contributed by atoms with E-state index in [0.717, 1.165) is 38.2 Å². The molecule has 1 fully saturated rings. The van der Waals surface area contributed by atoms with Gasteiger partial charge in [0.25, 0.3) is 0 Å². The maximum absolute atomic E-state index is 9.06. The van der Waals surface area contributed by atoms with Gasteiger partial charge in [-0.2, -0.15) is 0 Å². The Kier molecular flexibility index (Phi) is 4.16. The summed E-state index contributed by atoms with van der Waals surface area (Å²) in [5.41, 5.74) is 1.02. The minimum Gasteiger partial charge on any atom is -0.396 e. The fourth-order valence-corrected chi connectivity index (χ4v) is 2.28. The van der Waals surface area contributed by atoms with E-state index in [9.17, 15) is 0 Å². The van der Waals surface area contributed by atoms with Crippen molar-refractivity contribution < 1.29 is 5.11 Å². The predicted molar refractivity (Wildman–Crippen MR) is 64.3 cm³/mol. The van der Waals surface area contributed by atoms with Crippen molar-refractivity contribution in [3.05, 3.63) is 29.0 Å². The topological polar surface area (TPSA) is 36.4 Å². The van der Waals surface area contributed by atoms with Crippen molar-refractivity contribution in [1.82, 2.24) is 9.88 Å². The van der Waals surface area contributed by atoms with Crippen molar-refractivity contribution in [2.75, 3.05) is 19.7 Å². The number of aliphatic hydroxyl groups excluding tert-OH is 1. The van der Waals surface area contributed by atoms with Crippen molar-refractivity contribution in [2.45, 2.75) is 19.4 Å². The maximum atomic E-state index is 9.06. The van der Waals surface area contributed by atoms with E-state index in [1.54, 1.807) is 6.07 Å². The highest BCUT2D eigenvalue weighted by molar-refractivity contribution is 6.29. The highest BCUT2D eigenvalue weighted by atomic mass is 35.5. The molecule has 1 saturated heterocycles. The maximum Gasteiger partial charge on any atom is 0.129 e.